The van der Waals surface area contributed by atoms with Crippen LogP contribution in [0.1, 0.15) is 19.4 Å². The van der Waals surface area contributed by atoms with Gasteiger partial charge in [0.2, 0.25) is 11.3 Å². The number of ether oxygens (including phenoxy) is 2. The summed E-state index contributed by atoms with van der Waals surface area (Å²) < 4.78 is 50.2. The molecule has 0 aliphatic carbocycles. The summed E-state index contributed by atoms with van der Waals surface area (Å²) in [4.78, 5) is 8.20. The maximum absolute atomic E-state index is 12.2. The van der Waals surface area contributed by atoms with E-state index in [1.807, 2.05) is 13.8 Å². The summed E-state index contributed by atoms with van der Waals surface area (Å²) >= 11 is 0. The number of benzene rings is 1. The first-order valence-electron chi connectivity index (χ1n) is 7.53. The Morgan fingerprint density at radius 1 is 1.08 bits per heavy atom. The Kier molecular flexibility index (Phi) is 5.80. The third kappa shape index (κ3) is 4.49. The number of methoxy groups -OCH3 is 1. The van der Waals surface area contributed by atoms with Crippen LogP contribution in [0.3, 0.4) is 0 Å². The number of nitrogens with one attached hydrogen (secondary N) is 1. The van der Waals surface area contributed by atoms with Gasteiger partial charge in [-0.15, -0.1) is 13.2 Å². The van der Waals surface area contributed by atoms with Gasteiger partial charge in [-0.2, -0.15) is 9.97 Å². The van der Waals surface area contributed by atoms with E-state index in [2.05, 4.69) is 35.0 Å². The zero-order valence-corrected chi connectivity index (χ0v) is 14.4. The van der Waals surface area contributed by atoms with Crippen LogP contribution in [-0.4, -0.2) is 33.8 Å². The van der Waals surface area contributed by atoms with Gasteiger partial charge in [-0.1, -0.05) is 13.8 Å². The van der Waals surface area contributed by atoms with Crippen LogP contribution < -0.4 is 14.8 Å². The lowest BCUT2D eigenvalue weighted by atomic mass is 10.2. The summed E-state index contributed by atoms with van der Waals surface area (Å²) in [6.45, 7) is 5.61. The van der Waals surface area contributed by atoms with Gasteiger partial charge < -0.3 is 14.8 Å². The number of rotatable bonds is 4. The van der Waals surface area contributed by atoms with Gasteiger partial charge in [-0.05, 0) is 41.0 Å². The molecule has 140 valence electrons. The molecule has 0 saturated carbocycles. The van der Waals surface area contributed by atoms with Gasteiger partial charge in [-0.3, -0.25) is 0 Å². The molecule has 0 bridgehead atoms. The molecule has 0 spiro atoms. The number of aromatic nitrogens is 4. The molecule has 0 unspecified atom stereocenters. The predicted octanol–water partition coefficient (Wildman–Crippen LogP) is 4.00. The van der Waals surface area contributed by atoms with Gasteiger partial charge in [0.05, 0.1) is 7.11 Å². The number of alkyl halides is 3. The van der Waals surface area contributed by atoms with Crippen LogP contribution in [-0.2, 0) is 0 Å². The second-order valence-corrected chi connectivity index (χ2v) is 4.64. The Labute approximate surface area is 146 Å². The summed E-state index contributed by atoms with van der Waals surface area (Å²) in [5.74, 6) is 0.0289. The van der Waals surface area contributed by atoms with Gasteiger partial charge in [0, 0.05) is 5.69 Å². The molecule has 2 aromatic heterocycles. The van der Waals surface area contributed by atoms with E-state index in [1.54, 1.807) is 6.92 Å². The van der Waals surface area contributed by atoms with Crippen LogP contribution >= 0.6 is 0 Å². The van der Waals surface area contributed by atoms with E-state index < -0.39 is 6.36 Å². The minimum atomic E-state index is -4.75. The second kappa shape index (κ2) is 7.85. The minimum Gasteiger partial charge on any atom is -0.478 e. The highest BCUT2D eigenvalue weighted by molar-refractivity contribution is 5.72. The zero-order chi connectivity index (χ0) is 19.3. The van der Waals surface area contributed by atoms with E-state index >= 15 is 0 Å². The van der Waals surface area contributed by atoms with Gasteiger partial charge in [-0.25, -0.2) is 4.63 Å². The van der Waals surface area contributed by atoms with Crippen LogP contribution in [0, 0.1) is 6.92 Å². The van der Waals surface area contributed by atoms with E-state index in [0.29, 0.717) is 11.3 Å². The van der Waals surface area contributed by atoms with E-state index in [1.165, 1.54) is 25.3 Å². The van der Waals surface area contributed by atoms with E-state index in [0.717, 1.165) is 0 Å². The molecule has 0 aliphatic heterocycles. The molecular formula is C15H16F3N5O3. The van der Waals surface area contributed by atoms with E-state index in [4.69, 9.17) is 4.74 Å². The fraction of sp³-hybridized carbons (Fsp3) is 0.333. The van der Waals surface area contributed by atoms with Crippen molar-refractivity contribution in [1.29, 1.82) is 0 Å². The SMILES string of the molecule is CC.COc1nc2nonc2nc1Nc1ccc(OC(F)(F)F)cc1C. The van der Waals surface area contributed by atoms with Crippen molar-refractivity contribution in [2.24, 2.45) is 0 Å². The third-order valence-electron chi connectivity index (χ3n) is 2.96. The molecule has 3 aromatic rings. The number of halogens is 3. The summed E-state index contributed by atoms with van der Waals surface area (Å²) in [6, 6.07) is 3.84. The van der Waals surface area contributed by atoms with Crippen molar-refractivity contribution in [1.82, 2.24) is 20.3 Å². The Hall–Kier alpha value is -3.11. The van der Waals surface area contributed by atoms with Crippen molar-refractivity contribution >= 4 is 22.8 Å². The lowest BCUT2D eigenvalue weighted by Gasteiger charge is -2.13. The molecule has 0 fully saturated rings. The van der Waals surface area contributed by atoms with Gasteiger partial charge >= 0.3 is 6.36 Å². The first-order chi connectivity index (χ1) is 12.4. The van der Waals surface area contributed by atoms with Crippen molar-refractivity contribution in [3.63, 3.8) is 0 Å². The highest BCUT2D eigenvalue weighted by atomic mass is 19.4. The lowest BCUT2D eigenvalue weighted by Crippen LogP contribution is -2.17. The monoisotopic (exact) mass is 371 g/mol. The molecule has 26 heavy (non-hydrogen) atoms. The molecule has 11 heteroatoms. The molecular weight excluding hydrogens is 355 g/mol. The molecule has 3 rings (SSSR count). The average molecular weight is 371 g/mol. The fourth-order valence-electron chi connectivity index (χ4n) is 1.95. The molecule has 2 heterocycles. The summed E-state index contributed by atoms with van der Waals surface area (Å²) in [6.07, 6.45) is -4.75. The maximum atomic E-state index is 12.2. The Morgan fingerprint density at radius 3 is 2.31 bits per heavy atom. The summed E-state index contributed by atoms with van der Waals surface area (Å²) in [5.41, 5.74) is 1.32. The molecule has 1 N–H and O–H groups in total. The van der Waals surface area contributed by atoms with Crippen molar-refractivity contribution < 1.29 is 27.3 Å². The molecule has 0 aliphatic rings. The van der Waals surface area contributed by atoms with Crippen molar-refractivity contribution in [3.05, 3.63) is 23.8 Å². The van der Waals surface area contributed by atoms with Crippen molar-refractivity contribution in [2.75, 3.05) is 12.4 Å². The Balaban J connectivity index is 0.00000117. The maximum Gasteiger partial charge on any atom is 0.573 e. The third-order valence-corrected chi connectivity index (χ3v) is 2.96. The summed E-state index contributed by atoms with van der Waals surface area (Å²) in [7, 11) is 1.39. The molecule has 0 saturated heterocycles. The van der Waals surface area contributed by atoms with Crippen LogP contribution in [0.2, 0.25) is 0 Å². The largest absolute Gasteiger partial charge is 0.573 e. The molecule has 0 atom stereocenters. The second-order valence-electron chi connectivity index (χ2n) is 4.64. The van der Waals surface area contributed by atoms with E-state index in [9.17, 15) is 13.2 Å². The zero-order valence-electron chi connectivity index (χ0n) is 14.4. The first kappa shape index (κ1) is 19.2. The minimum absolute atomic E-state index is 0.133. The van der Waals surface area contributed by atoms with E-state index in [-0.39, 0.29) is 28.7 Å². The standard InChI is InChI=1S/C13H10F3N5O3.C2H6/c1-6-5-7(23-13(14,15)16)3-4-8(6)17-11-12(22-2)19-10-9(18-11)20-24-21-10;1-2/h3-5H,1-2H3,(H,17,18,20);1-2H3. The number of fused-ring (bicyclic) bond motifs is 1. The summed E-state index contributed by atoms with van der Waals surface area (Å²) in [5, 5.41) is 10.0. The lowest BCUT2D eigenvalue weighted by molar-refractivity contribution is -0.274. The Bertz CT molecular complexity index is 883. The highest BCUT2D eigenvalue weighted by Gasteiger charge is 2.31. The quantitative estimate of drug-likeness (QED) is 0.735. The highest BCUT2D eigenvalue weighted by Crippen LogP contribution is 2.30. The van der Waals surface area contributed by atoms with Crippen LogP contribution in [0.4, 0.5) is 24.7 Å². The van der Waals surface area contributed by atoms with Crippen LogP contribution in [0.25, 0.3) is 11.3 Å². The van der Waals surface area contributed by atoms with Gasteiger partial charge in [0.15, 0.2) is 5.82 Å². The average Bonchev–Trinajstić information content (AvgIpc) is 3.04. The normalized spacial score (nSPS) is 10.9. The molecule has 8 nitrogen and oxygen atoms in total. The molecule has 0 amide bonds. The van der Waals surface area contributed by atoms with Crippen molar-refractivity contribution in [2.45, 2.75) is 27.1 Å². The van der Waals surface area contributed by atoms with Crippen molar-refractivity contribution in [3.8, 4) is 11.6 Å². The smallest absolute Gasteiger partial charge is 0.478 e. The Morgan fingerprint density at radius 2 is 1.73 bits per heavy atom. The number of anilines is 2. The molecule has 0 radical (unpaired) electrons. The van der Waals surface area contributed by atoms with Gasteiger partial charge in [0.25, 0.3) is 5.88 Å². The number of hydrogen-bond acceptors (Lipinski definition) is 8. The first-order valence-corrected chi connectivity index (χ1v) is 7.53. The van der Waals surface area contributed by atoms with Crippen LogP contribution in [0.5, 0.6) is 11.6 Å². The fourth-order valence-corrected chi connectivity index (χ4v) is 1.95. The number of hydrogen-bond donors (Lipinski definition) is 1. The molecule has 1 aromatic carbocycles. The predicted molar refractivity (Wildman–Crippen MR) is 86.4 cm³/mol. The van der Waals surface area contributed by atoms with Gasteiger partial charge in [0.1, 0.15) is 5.75 Å². The van der Waals surface area contributed by atoms with Crippen LogP contribution in [0.15, 0.2) is 22.8 Å². The number of aryl methyl sites for hydroxylation is 1. The number of nitrogens with zero attached hydrogens (tertiary/aromatic N) is 4. The topological polar surface area (TPSA) is 95.2 Å².